The maximum Gasteiger partial charge on any atom is 0.252 e. The molecule has 19 heavy (non-hydrogen) atoms. The van der Waals surface area contributed by atoms with Gasteiger partial charge in [0, 0.05) is 28.7 Å². The van der Waals surface area contributed by atoms with Crippen LogP contribution in [-0.2, 0) is 4.79 Å². The molecule has 6 heteroatoms. The lowest BCUT2D eigenvalue weighted by Crippen LogP contribution is -2.29. The molecule has 0 fully saturated rings. The molecule has 2 rings (SSSR count). The largest absolute Gasteiger partial charge is 0.294 e. The average molecular weight is 338 g/mol. The Morgan fingerprint density at radius 3 is 2.89 bits per heavy atom. The van der Waals surface area contributed by atoms with E-state index < -0.39 is 0 Å². The number of halogens is 1. The Kier molecular flexibility index (Phi) is 4.81. The molecule has 0 aliphatic heterocycles. The van der Waals surface area contributed by atoms with Crippen molar-refractivity contribution in [2.24, 2.45) is 0 Å². The van der Waals surface area contributed by atoms with Crippen LogP contribution < -0.4 is 4.90 Å². The molecule has 2 aromatic rings. The van der Waals surface area contributed by atoms with Crippen LogP contribution in [-0.4, -0.2) is 22.4 Å². The Bertz CT molecular complexity index is 566. The normalized spacial score (nSPS) is 10.8. The molecular formula is C13H12BrN3OS. The second kappa shape index (κ2) is 6.58. The molecule has 1 amide bonds. The number of anilines is 1. The zero-order valence-corrected chi connectivity index (χ0v) is 12.7. The summed E-state index contributed by atoms with van der Waals surface area (Å²) in [5.74, 6) is 0.531. The monoisotopic (exact) mass is 337 g/mol. The highest BCUT2D eigenvalue weighted by Crippen LogP contribution is 2.15. The Morgan fingerprint density at radius 2 is 2.32 bits per heavy atom. The van der Waals surface area contributed by atoms with Crippen molar-refractivity contribution in [3.05, 3.63) is 45.5 Å². The first-order valence-corrected chi connectivity index (χ1v) is 7.43. The van der Waals surface area contributed by atoms with Gasteiger partial charge in [-0.05, 0) is 41.1 Å². The van der Waals surface area contributed by atoms with Crippen molar-refractivity contribution < 1.29 is 4.79 Å². The second-order valence-corrected chi connectivity index (χ2v) is 5.30. The lowest BCUT2D eigenvalue weighted by Gasteiger charge is -2.17. The van der Waals surface area contributed by atoms with Crippen LogP contribution in [0.2, 0.25) is 0 Å². The van der Waals surface area contributed by atoms with Crippen LogP contribution >= 0.6 is 27.3 Å². The molecular weight excluding hydrogens is 326 g/mol. The summed E-state index contributed by atoms with van der Waals surface area (Å²) in [6.07, 6.45) is 4.90. The number of rotatable bonds is 4. The SMILES string of the molecule is CCN(C(=O)C=Cc1cscn1)c1ccc(Br)cn1. The van der Waals surface area contributed by atoms with Crippen molar-refractivity contribution >= 4 is 45.1 Å². The first-order chi connectivity index (χ1) is 9.20. The van der Waals surface area contributed by atoms with E-state index in [1.54, 1.807) is 22.7 Å². The smallest absolute Gasteiger partial charge is 0.252 e. The Labute approximate surface area is 123 Å². The van der Waals surface area contributed by atoms with E-state index in [9.17, 15) is 4.79 Å². The first-order valence-electron chi connectivity index (χ1n) is 5.70. The predicted molar refractivity (Wildman–Crippen MR) is 81.1 cm³/mol. The number of carbonyl (C=O) groups excluding carboxylic acids is 1. The first kappa shape index (κ1) is 13.9. The van der Waals surface area contributed by atoms with Gasteiger partial charge in [0.15, 0.2) is 0 Å². The molecule has 2 heterocycles. The summed E-state index contributed by atoms with van der Waals surface area (Å²) in [6, 6.07) is 3.67. The zero-order chi connectivity index (χ0) is 13.7. The van der Waals surface area contributed by atoms with Gasteiger partial charge in [-0.25, -0.2) is 9.97 Å². The summed E-state index contributed by atoms with van der Waals surface area (Å²) in [4.78, 5) is 22.0. The van der Waals surface area contributed by atoms with Crippen LogP contribution in [0.15, 0.2) is 39.8 Å². The summed E-state index contributed by atoms with van der Waals surface area (Å²) in [5.41, 5.74) is 2.52. The molecule has 0 unspecified atom stereocenters. The van der Waals surface area contributed by atoms with Crippen LogP contribution in [0.3, 0.4) is 0 Å². The highest BCUT2D eigenvalue weighted by Gasteiger charge is 2.11. The van der Waals surface area contributed by atoms with Crippen LogP contribution in [0.1, 0.15) is 12.6 Å². The quantitative estimate of drug-likeness (QED) is 0.803. The van der Waals surface area contributed by atoms with Gasteiger partial charge in [0.05, 0.1) is 11.2 Å². The molecule has 2 aromatic heterocycles. The van der Waals surface area contributed by atoms with Gasteiger partial charge < -0.3 is 0 Å². The highest BCUT2D eigenvalue weighted by atomic mass is 79.9. The fraction of sp³-hybridized carbons (Fsp3) is 0.154. The molecule has 0 aliphatic rings. The lowest BCUT2D eigenvalue weighted by atomic mass is 10.3. The van der Waals surface area contributed by atoms with Gasteiger partial charge in [0.25, 0.3) is 5.91 Å². The number of aromatic nitrogens is 2. The molecule has 0 radical (unpaired) electrons. The predicted octanol–water partition coefficient (Wildman–Crippen LogP) is 3.37. The van der Waals surface area contributed by atoms with Gasteiger partial charge in [0.1, 0.15) is 5.82 Å². The number of thiazole rings is 1. The minimum Gasteiger partial charge on any atom is -0.294 e. The number of hydrogen-bond acceptors (Lipinski definition) is 4. The van der Waals surface area contributed by atoms with Gasteiger partial charge >= 0.3 is 0 Å². The molecule has 0 spiro atoms. The third kappa shape index (κ3) is 3.71. The molecule has 0 saturated heterocycles. The van der Waals surface area contributed by atoms with Crippen molar-refractivity contribution in [2.75, 3.05) is 11.4 Å². The number of likely N-dealkylation sites (N-methyl/N-ethyl adjacent to an activating group) is 1. The van der Waals surface area contributed by atoms with Crippen molar-refractivity contribution in [1.82, 2.24) is 9.97 Å². The third-order valence-electron chi connectivity index (χ3n) is 2.42. The van der Waals surface area contributed by atoms with Crippen LogP contribution in [0.5, 0.6) is 0 Å². The molecule has 0 bridgehead atoms. The molecule has 98 valence electrons. The van der Waals surface area contributed by atoms with Gasteiger partial charge in [-0.1, -0.05) is 0 Å². The van der Waals surface area contributed by atoms with E-state index in [0.717, 1.165) is 10.2 Å². The van der Waals surface area contributed by atoms with Crippen molar-refractivity contribution in [1.29, 1.82) is 0 Å². The standard InChI is InChI=1S/C13H12BrN3OS/c1-2-17(12-5-3-10(14)7-15-12)13(18)6-4-11-8-19-9-16-11/h3-9H,2H2,1H3. The highest BCUT2D eigenvalue weighted by molar-refractivity contribution is 9.10. The number of hydrogen-bond donors (Lipinski definition) is 0. The van der Waals surface area contributed by atoms with Gasteiger partial charge in [0.2, 0.25) is 0 Å². The molecule has 0 aliphatic carbocycles. The van der Waals surface area contributed by atoms with Gasteiger partial charge in [-0.15, -0.1) is 11.3 Å². The van der Waals surface area contributed by atoms with E-state index in [1.165, 1.54) is 17.4 Å². The number of carbonyl (C=O) groups is 1. The Hall–Kier alpha value is -1.53. The lowest BCUT2D eigenvalue weighted by molar-refractivity contribution is -0.114. The minimum absolute atomic E-state index is 0.106. The van der Waals surface area contributed by atoms with E-state index in [-0.39, 0.29) is 5.91 Å². The Balaban J connectivity index is 2.13. The van der Waals surface area contributed by atoms with Crippen LogP contribution in [0.4, 0.5) is 5.82 Å². The molecule has 0 N–H and O–H groups in total. The van der Waals surface area contributed by atoms with E-state index in [1.807, 2.05) is 24.4 Å². The summed E-state index contributed by atoms with van der Waals surface area (Å²) < 4.78 is 0.887. The Morgan fingerprint density at radius 1 is 1.47 bits per heavy atom. The summed E-state index contributed by atoms with van der Waals surface area (Å²) in [5, 5.41) is 1.89. The maximum atomic E-state index is 12.1. The topological polar surface area (TPSA) is 46.1 Å². The van der Waals surface area contributed by atoms with Crippen LogP contribution in [0.25, 0.3) is 6.08 Å². The summed E-state index contributed by atoms with van der Waals surface area (Å²) in [7, 11) is 0. The number of amides is 1. The van der Waals surface area contributed by atoms with Gasteiger partial charge in [-0.2, -0.15) is 0 Å². The molecule has 0 saturated carbocycles. The van der Waals surface area contributed by atoms with E-state index in [2.05, 4.69) is 25.9 Å². The number of pyridine rings is 1. The van der Waals surface area contributed by atoms with Crippen LogP contribution in [0, 0.1) is 0 Å². The third-order valence-corrected chi connectivity index (χ3v) is 3.49. The number of nitrogens with zero attached hydrogens (tertiary/aromatic N) is 3. The second-order valence-electron chi connectivity index (χ2n) is 3.66. The van der Waals surface area contributed by atoms with Crippen molar-refractivity contribution in [3.63, 3.8) is 0 Å². The summed E-state index contributed by atoms with van der Waals surface area (Å²) >= 11 is 4.82. The van der Waals surface area contributed by atoms with Gasteiger partial charge in [-0.3, -0.25) is 9.69 Å². The van der Waals surface area contributed by atoms with Crippen molar-refractivity contribution in [3.8, 4) is 0 Å². The van der Waals surface area contributed by atoms with Crippen molar-refractivity contribution in [2.45, 2.75) is 6.92 Å². The summed E-state index contributed by atoms with van der Waals surface area (Å²) in [6.45, 7) is 2.48. The molecule has 4 nitrogen and oxygen atoms in total. The van der Waals surface area contributed by atoms with E-state index >= 15 is 0 Å². The van der Waals surface area contributed by atoms with E-state index in [4.69, 9.17) is 0 Å². The van der Waals surface area contributed by atoms with E-state index in [0.29, 0.717) is 12.4 Å². The maximum absolute atomic E-state index is 12.1. The molecule has 0 atom stereocenters. The average Bonchev–Trinajstić information content (AvgIpc) is 2.92. The fourth-order valence-corrected chi connectivity index (χ4v) is 2.27. The molecule has 0 aromatic carbocycles. The zero-order valence-electron chi connectivity index (χ0n) is 10.3. The minimum atomic E-state index is -0.106. The fourth-order valence-electron chi connectivity index (χ4n) is 1.51.